The predicted octanol–water partition coefficient (Wildman–Crippen LogP) is 26.3. The third-order valence-corrected chi connectivity index (χ3v) is 21.5. The van der Waals surface area contributed by atoms with Crippen molar-refractivity contribution < 1.29 is 96.7 Å². The molecule has 12 rings (SSSR count). The van der Waals surface area contributed by atoms with Gasteiger partial charge in [0.25, 0.3) is 10.1 Å². The number of aldehydes is 1. The number of rotatable bonds is 18. The number of fused-ring (bicyclic) bond motifs is 4. The Kier molecular flexibility index (Phi) is 54.8. The molecule has 0 unspecified atom stereocenters. The number of aliphatic hydroxyl groups excluding tert-OH is 1. The van der Waals surface area contributed by atoms with Gasteiger partial charge in [-0.2, -0.15) is 8.42 Å². The van der Waals surface area contributed by atoms with Crippen LogP contribution in [0.2, 0.25) is 0 Å². The Hall–Kier alpha value is -5.97. The van der Waals surface area contributed by atoms with Gasteiger partial charge >= 0.3 is 29.6 Å². The van der Waals surface area contributed by atoms with E-state index in [1.54, 1.807) is 30.3 Å². The molecule has 0 fully saturated rings. The zero-order valence-corrected chi connectivity index (χ0v) is 88.7. The first-order chi connectivity index (χ1) is 57.8. The summed E-state index contributed by atoms with van der Waals surface area (Å²) < 4.78 is 71.9. The summed E-state index contributed by atoms with van der Waals surface area (Å²) in [6, 6.07) is 46.8. The summed E-state index contributed by atoms with van der Waals surface area (Å²) in [6.45, 7) is 66.7. The van der Waals surface area contributed by atoms with Crippen LogP contribution in [0, 0.1) is 6.92 Å². The number of phenolic OH excluding ortho intramolecular Hbond substituents is 2. The van der Waals surface area contributed by atoms with E-state index in [2.05, 4.69) is 265 Å². The number of allylic oxidation sites excluding steroid dienone is 2. The summed E-state index contributed by atoms with van der Waals surface area (Å²) in [5.74, 6) is 10.2. The van der Waals surface area contributed by atoms with Crippen molar-refractivity contribution in [1.29, 1.82) is 0 Å². The van der Waals surface area contributed by atoms with Crippen molar-refractivity contribution in [3.05, 3.63) is 271 Å². The summed E-state index contributed by atoms with van der Waals surface area (Å²) in [5, 5.41) is 27.3. The van der Waals surface area contributed by atoms with Crippen molar-refractivity contribution in [2.75, 3.05) is 19.6 Å². The van der Waals surface area contributed by atoms with Gasteiger partial charge in [0.15, 0.2) is 6.29 Å². The van der Waals surface area contributed by atoms with Crippen LogP contribution < -0.4 is 53.2 Å². The number of ether oxygens (including phenoxy) is 6. The number of halogens is 6. The van der Waals surface area contributed by atoms with Crippen LogP contribution >= 0.6 is 67.8 Å². The fourth-order valence-electron chi connectivity index (χ4n) is 12.8. The molecule has 0 aromatic heterocycles. The van der Waals surface area contributed by atoms with Crippen LogP contribution in [0.25, 0.3) is 0 Å². The van der Waals surface area contributed by atoms with Crippen molar-refractivity contribution in [3.8, 4) is 40.2 Å². The molecule has 0 saturated heterocycles. The number of phenols is 2. The van der Waals surface area contributed by atoms with Crippen LogP contribution in [0.3, 0.4) is 0 Å². The number of alkyl halides is 4. The van der Waals surface area contributed by atoms with Crippen molar-refractivity contribution in [3.63, 3.8) is 0 Å². The van der Waals surface area contributed by atoms with Gasteiger partial charge in [-0.3, -0.25) is 9.35 Å². The molecule has 14 nitrogen and oxygen atoms in total. The fraction of sp³-hybridized carbons (Fsp3) is 0.466. The summed E-state index contributed by atoms with van der Waals surface area (Å²) in [7, 11) is 4.77. The zero-order chi connectivity index (χ0) is 95.6. The quantitative estimate of drug-likeness (QED) is 0.0158. The van der Waals surface area contributed by atoms with E-state index < -0.39 is 24.4 Å². The molecule has 0 aliphatic carbocycles. The van der Waals surface area contributed by atoms with Gasteiger partial charge in [0.2, 0.25) is 14.2 Å². The molecule has 0 bridgehead atoms. The molecule has 0 spiro atoms. The van der Waals surface area contributed by atoms with Crippen molar-refractivity contribution in [1.82, 2.24) is 0 Å². The summed E-state index contributed by atoms with van der Waals surface area (Å²) in [4.78, 5) is 11.0. The van der Waals surface area contributed by atoms with Gasteiger partial charge in [-0.1, -0.05) is 242 Å². The van der Waals surface area contributed by atoms with Gasteiger partial charge in [0.05, 0.1) is 22.9 Å². The molecule has 4 aliphatic rings. The van der Waals surface area contributed by atoms with E-state index in [9.17, 15) is 23.4 Å². The number of aliphatic hydroxyl groups is 1. The number of aryl methyl sites for hydroxylation is 1. The number of carbonyl (C=O) groups excluding carboxylic acids is 1. The minimum absolute atomic E-state index is 0. The number of aromatic hydroxyl groups is 2. The molecule has 0 amide bonds. The largest absolute Gasteiger partial charge is 1.00 e. The Morgan fingerprint density at radius 2 is 0.843 bits per heavy atom. The molecule has 4 aliphatic heterocycles. The summed E-state index contributed by atoms with van der Waals surface area (Å²) >= 11 is 21.2. The van der Waals surface area contributed by atoms with Gasteiger partial charge in [-0.25, -0.2) is 4.21 Å². The average Bonchev–Trinajstić information content (AvgIpc) is 1.64. The standard InChI is InChI=1S/C14H19ClO.C14H20O2.C14H18O2.3C13H18O.C9H12O.C7H8O3S.C4H7Cl.C2H4Cl2O.B.Cl2OS.Na.H/c3*1-9(2)10-5-11-7-14(3,4)16-13(11)12(6-10)8-15;1-9(2)10-5-6-12-11(7-10)8-13(3,4)14-12;1-10(2)9-14-13-7-5-12(6-8-13)11(3)4;1-9(2)7-12-8-11(10(3)4)5-6-13(12)14;1-7(2)8-3-5-9(10)6-4-8;1-6-2-4-7(5-3-6)11(8,9)10;1-4(2)3-5;1-5-2(3)4;;1-4(2)3;;/h5-6,9H,7-8H2,1-4H3;5-6,9,15H,7-8H2,1-4H3;5-6,8-9H,7H2,1-4H3;5-7,9H,8H2,1-4H3;5-8,11H,1,9H2,2-4H3;5-6,8,10,14H,1,7H2,2-4H3;3-7,10H,1-2H3;2-5H,1H3,(H,8,9,10);1,3H2,2H3;2H,1H3;;;;/q;;;;;;;;;;;;+1;-1. The Morgan fingerprint density at radius 3 is 1.21 bits per heavy atom. The average molecular weight is 1920 g/mol. The monoisotopic (exact) mass is 1910 g/mol. The van der Waals surface area contributed by atoms with E-state index in [4.69, 9.17) is 84.0 Å². The van der Waals surface area contributed by atoms with Crippen molar-refractivity contribution >= 4 is 102 Å². The first-order valence-electron chi connectivity index (χ1n) is 42.2. The van der Waals surface area contributed by atoms with E-state index in [1.807, 2.05) is 64.1 Å². The Bertz CT molecular complexity index is 4780. The van der Waals surface area contributed by atoms with Gasteiger partial charge in [0, 0.05) is 79.6 Å². The number of hydrogen-bond donors (Lipinski definition) is 4. The molecule has 8 aromatic rings. The third-order valence-electron chi connectivity index (χ3n) is 19.5. The first-order valence-corrected chi connectivity index (χ1v) is 48.4. The maximum atomic E-state index is 11.1. The van der Waals surface area contributed by atoms with Crippen LogP contribution in [0.5, 0.6) is 40.2 Å². The molecule has 697 valence electrons. The topological polar surface area (TPSA) is 205 Å². The normalized spacial score (nSPS) is 13.6. The van der Waals surface area contributed by atoms with Gasteiger partial charge in [-0.05, 0) is 264 Å². The molecule has 4 heterocycles. The van der Waals surface area contributed by atoms with Crippen LogP contribution in [0.4, 0.5) is 0 Å². The Labute approximate surface area is 820 Å². The van der Waals surface area contributed by atoms with Gasteiger partial charge in [-0.15, -0.1) is 23.2 Å². The minimum Gasteiger partial charge on any atom is -1.00 e. The van der Waals surface area contributed by atoms with E-state index in [1.165, 1.54) is 80.4 Å². The molecule has 8 aromatic carbocycles. The number of hydrogen-bond acceptors (Lipinski definition) is 13. The maximum Gasteiger partial charge on any atom is 1.00 e. The van der Waals surface area contributed by atoms with Gasteiger partial charge < -0.3 is 45.2 Å². The Morgan fingerprint density at radius 1 is 0.504 bits per heavy atom. The smallest absolute Gasteiger partial charge is 1.00 e. The van der Waals surface area contributed by atoms with E-state index in [0.717, 1.165) is 106 Å². The predicted molar refractivity (Wildman–Crippen MR) is 536 cm³/mol. The second-order valence-electron chi connectivity index (χ2n) is 36.4. The van der Waals surface area contributed by atoms with E-state index in [0.29, 0.717) is 76.9 Å². The first kappa shape index (κ1) is 121. The van der Waals surface area contributed by atoms with E-state index >= 15 is 0 Å². The van der Waals surface area contributed by atoms with Crippen molar-refractivity contribution in [2.45, 2.75) is 298 Å². The summed E-state index contributed by atoms with van der Waals surface area (Å²) in [6.07, 6.45) is 5.47. The fourth-order valence-corrected chi connectivity index (χ4v) is 13.5. The molecule has 0 atom stereocenters. The number of methoxy groups -OCH3 is 1. The summed E-state index contributed by atoms with van der Waals surface area (Å²) in [5.41, 5.74) is 21.6. The number of benzene rings is 8. The van der Waals surface area contributed by atoms with E-state index in [-0.39, 0.29) is 73.3 Å². The van der Waals surface area contributed by atoms with Crippen LogP contribution in [-0.2, 0) is 68.7 Å². The van der Waals surface area contributed by atoms with Crippen LogP contribution in [-0.4, -0.2) is 94.2 Å². The zero-order valence-electron chi connectivity index (χ0n) is 81.6. The second-order valence-corrected chi connectivity index (χ2v) is 41.9. The third kappa shape index (κ3) is 45.8. The SMILES string of the molecule is C=C(C)CCl.C=C(C)COc1ccc(C(C)C)cc1.C=C(C)Cc1cc(C(C)C)ccc1O.CC(C)c1cc(C=O)c2c(c1)CC(C)(C)O2.CC(C)c1cc(CCl)c2c(c1)CC(C)(C)O2.CC(C)c1cc(CO)c2c(c1)CC(C)(C)O2.CC(C)c1ccc(O)cc1.CC(C)c1ccc2c(c1)CC(C)(C)O2.COC(Cl)Cl.Cc1ccc(S(=O)(=O)O)cc1.O=S(Cl)Cl.[B].[H-].[Na+]. The maximum absolute atomic E-state index is 11.1. The second kappa shape index (κ2) is 57.5. The molecule has 24 heteroatoms. The number of carbonyl (C=O) groups is 1. The molecule has 4 N–H and O–H groups in total. The van der Waals surface area contributed by atoms with Gasteiger partial charge in [0.1, 0.15) is 69.3 Å². The molecule has 3 radical (unpaired) electrons. The molecule has 0 saturated carbocycles. The van der Waals surface area contributed by atoms with Crippen molar-refractivity contribution in [2.24, 2.45) is 0 Å². The Balaban J connectivity index is 0. The minimum atomic E-state index is -4.02. The van der Waals surface area contributed by atoms with Crippen LogP contribution in [0.15, 0.2) is 187 Å². The molecular formula is C103H143BCl6NaO14S2. The molecule has 127 heavy (non-hydrogen) atoms. The van der Waals surface area contributed by atoms with Crippen LogP contribution in [0.1, 0.15) is 310 Å². The molecular weight excluding hydrogens is 1770 g/mol.